The topological polar surface area (TPSA) is 74.7 Å². The standard InChI is InChI=1S/C22H26F3NO4/c23-22(24,25)17(15-9-5-2-6-10-15)13-18(27)26-19(21(29)30)16(20(26)28)12-11-14-7-3-1-4-8-14/h1,3-4,7-8,15-17,19H,2,5-6,9-13H2,(H,29,30)/t16-,17+,19+/m1/s1. The molecule has 0 radical (unpaired) electrons. The molecule has 1 heterocycles. The fourth-order valence-electron chi connectivity index (χ4n) is 4.73. The Labute approximate surface area is 173 Å². The third kappa shape index (κ3) is 4.84. The van der Waals surface area contributed by atoms with Gasteiger partial charge in [-0.05, 0) is 37.2 Å². The number of nitrogens with zero attached hydrogens (tertiary/aromatic N) is 1. The normalized spacial score (nSPS) is 23.7. The number of alkyl halides is 3. The Morgan fingerprint density at radius 1 is 1.10 bits per heavy atom. The average Bonchev–Trinajstić information content (AvgIpc) is 2.70. The molecule has 0 unspecified atom stereocenters. The van der Waals surface area contributed by atoms with Gasteiger partial charge in [0.1, 0.15) is 6.04 Å². The molecule has 2 fully saturated rings. The van der Waals surface area contributed by atoms with Gasteiger partial charge in [0.05, 0.1) is 11.8 Å². The number of likely N-dealkylation sites (tertiary alicyclic amines) is 1. The van der Waals surface area contributed by atoms with Gasteiger partial charge in [-0.25, -0.2) is 4.79 Å². The molecule has 5 nitrogen and oxygen atoms in total. The number of hydrogen-bond acceptors (Lipinski definition) is 3. The Morgan fingerprint density at radius 2 is 1.73 bits per heavy atom. The number of hydrogen-bond donors (Lipinski definition) is 1. The van der Waals surface area contributed by atoms with Crippen LogP contribution in [0.3, 0.4) is 0 Å². The minimum Gasteiger partial charge on any atom is -0.480 e. The van der Waals surface area contributed by atoms with Gasteiger partial charge in [0.15, 0.2) is 0 Å². The van der Waals surface area contributed by atoms with E-state index in [2.05, 4.69) is 0 Å². The van der Waals surface area contributed by atoms with Crippen LogP contribution in [-0.4, -0.2) is 40.0 Å². The number of carbonyl (C=O) groups is 3. The van der Waals surface area contributed by atoms with Crippen molar-refractivity contribution in [2.75, 3.05) is 0 Å². The molecule has 2 amide bonds. The number of halogens is 3. The predicted molar refractivity (Wildman–Crippen MR) is 102 cm³/mol. The molecule has 0 bridgehead atoms. The highest BCUT2D eigenvalue weighted by atomic mass is 19.4. The number of carboxylic acid groups (broad SMARTS) is 1. The van der Waals surface area contributed by atoms with Crippen LogP contribution in [0.25, 0.3) is 0 Å². The summed E-state index contributed by atoms with van der Waals surface area (Å²) in [6.45, 7) is 0. The van der Waals surface area contributed by atoms with Crippen molar-refractivity contribution in [2.24, 2.45) is 17.8 Å². The first-order chi connectivity index (χ1) is 14.2. The highest BCUT2D eigenvalue weighted by molar-refractivity contribution is 6.08. The summed E-state index contributed by atoms with van der Waals surface area (Å²) in [7, 11) is 0. The lowest BCUT2D eigenvalue weighted by atomic mass is 9.77. The van der Waals surface area contributed by atoms with Gasteiger partial charge in [0, 0.05) is 6.42 Å². The van der Waals surface area contributed by atoms with Crippen LogP contribution in [0.2, 0.25) is 0 Å². The summed E-state index contributed by atoms with van der Waals surface area (Å²) >= 11 is 0. The van der Waals surface area contributed by atoms with Gasteiger partial charge < -0.3 is 5.11 Å². The van der Waals surface area contributed by atoms with Gasteiger partial charge in [-0.1, -0.05) is 49.6 Å². The second kappa shape index (κ2) is 9.18. The molecule has 1 aromatic rings. The van der Waals surface area contributed by atoms with E-state index < -0.39 is 54.2 Å². The summed E-state index contributed by atoms with van der Waals surface area (Å²) in [5.41, 5.74) is 0.925. The maximum Gasteiger partial charge on any atom is 0.392 e. The monoisotopic (exact) mass is 425 g/mol. The molecule has 3 atom stereocenters. The second-order valence-corrected chi connectivity index (χ2v) is 8.27. The Bertz CT molecular complexity index is 774. The van der Waals surface area contributed by atoms with Gasteiger partial charge >= 0.3 is 12.1 Å². The SMILES string of the molecule is O=C(O)[C@@H]1[C@@H](CCc2ccccc2)C(=O)N1C(=O)C[C@@H](C1CCCCC1)C(F)(F)F. The van der Waals surface area contributed by atoms with Crippen molar-refractivity contribution in [2.45, 2.75) is 63.6 Å². The first-order valence-corrected chi connectivity index (χ1v) is 10.4. The molecule has 0 aromatic heterocycles. The summed E-state index contributed by atoms with van der Waals surface area (Å²) in [6, 6.07) is 7.78. The molecule has 1 aromatic carbocycles. The van der Waals surface area contributed by atoms with Crippen LogP contribution in [0.15, 0.2) is 30.3 Å². The number of aryl methyl sites for hydroxylation is 1. The predicted octanol–water partition coefficient (Wildman–Crippen LogP) is 4.21. The van der Waals surface area contributed by atoms with E-state index in [0.717, 1.165) is 12.0 Å². The van der Waals surface area contributed by atoms with Crippen molar-refractivity contribution in [3.63, 3.8) is 0 Å². The molecule has 2 aliphatic rings. The molecule has 0 spiro atoms. The molecule has 1 saturated heterocycles. The molecule has 1 saturated carbocycles. The number of rotatable bonds is 7. The van der Waals surface area contributed by atoms with E-state index in [1.807, 2.05) is 30.3 Å². The number of carbonyl (C=O) groups excluding carboxylic acids is 2. The van der Waals surface area contributed by atoms with E-state index >= 15 is 0 Å². The van der Waals surface area contributed by atoms with Gasteiger partial charge in [-0.15, -0.1) is 0 Å². The summed E-state index contributed by atoms with van der Waals surface area (Å²) in [6.07, 6.45) is -1.69. The van der Waals surface area contributed by atoms with Gasteiger partial charge in [0.2, 0.25) is 11.8 Å². The van der Waals surface area contributed by atoms with Crippen LogP contribution < -0.4 is 0 Å². The smallest absolute Gasteiger partial charge is 0.392 e. The lowest BCUT2D eigenvalue weighted by Gasteiger charge is -2.44. The van der Waals surface area contributed by atoms with E-state index in [-0.39, 0.29) is 6.42 Å². The largest absolute Gasteiger partial charge is 0.480 e. The molecule has 1 N–H and O–H groups in total. The summed E-state index contributed by atoms with van der Waals surface area (Å²) in [4.78, 5) is 37.3. The van der Waals surface area contributed by atoms with Crippen molar-refractivity contribution >= 4 is 17.8 Å². The number of β-lactam (4-membered cyclic amide) rings is 1. The summed E-state index contributed by atoms with van der Waals surface area (Å²) in [5.74, 6) is -6.47. The zero-order valence-corrected chi connectivity index (χ0v) is 16.6. The highest BCUT2D eigenvalue weighted by Gasteiger charge is 2.56. The second-order valence-electron chi connectivity index (χ2n) is 8.27. The Hall–Kier alpha value is -2.38. The first kappa shape index (κ1) is 22.3. The van der Waals surface area contributed by atoms with E-state index in [9.17, 15) is 32.7 Å². The molecular weight excluding hydrogens is 399 g/mol. The van der Waals surface area contributed by atoms with Gasteiger partial charge in [0.25, 0.3) is 0 Å². The Morgan fingerprint density at radius 3 is 2.30 bits per heavy atom. The number of aliphatic carboxylic acids is 1. The number of carboxylic acids is 1. The maximum absolute atomic E-state index is 13.6. The molecule has 8 heteroatoms. The quantitative estimate of drug-likeness (QED) is 0.665. The van der Waals surface area contributed by atoms with Crippen LogP contribution in [0.4, 0.5) is 13.2 Å². The van der Waals surface area contributed by atoms with Crippen LogP contribution in [0.1, 0.15) is 50.5 Å². The van der Waals surface area contributed by atoms with Crippen LogP contribution in [-0.2, 0) is 20.8 Å². The molecule has 1 aliphatic heterocycles. The fourth-order valence-corrected chi connectivity index (χ4v) is 4.73. The van der Waals surface area contributed by atoms with Crippen LogP contribution in [0, 0.1) is 17.8 Å². The zero-order chi connectivity index (χ0) is 21.9. The molecule has 164 valence electrons. The van der Waals surface area contributed by atoms with Crippen molar-refractivity contribution in [3.05, 3.63) is 35.9 Å². The molecule has 3 rings (SSSR count). The molecule has 30 heavy (non-hydrogen) atoms. The Balaban J connectivity index is 1.68. The number of imide groups is 1. The van der Waals surface area contributed by atoms with Crippen LogP contribution >= 0.6 is 0 Å². The van der Waals surface area contributed by atoms with E-state index in [1.54, 1.807) is 0 Å². The Kier molecular flexibility index (Phi) is 6.83. The lowest BCUT2D eigenvalue weighted by Crippen LogP contribution is -2.66. The average molecular weight is 425 g/mol. The number of benzene rings is 1. The first-order valence-electron chi connectivity index (χ1n) is 10.4. The zero-order valence-electron chi connectivity index (χ0n) is 16.6. The molecule has 1 aliphatic carbocycles. The third-order valence-electron chi connectivity index (χ3n) is 6.36. The van der Waals surface area contributed by atoms with Crippen molar-refractivity contribution < 1.29 is 32.7 Å². The minimum absolute atomic E-state index is 0.231. The van der Waals surface area contributed by atoms with Crippen molar-refractivity contribution in [1.82, 2.24) is 4.90 Å². The van der Waals surface area contributed by atoms with E-state index in [4.69, 9.17) is 0 Å². The summed E-state index contributed by atoms with van der Waals surface area (Å²) < 4.78 is 40.8. The third-order valence-corrected chi connectivity index (χ3v) is 6.36. The van der Waals surface area contributed by atoms with Crippen molar-refractivity contribution in [1.29, 1.82) is 0 Å². The van der Waals surface area contributed by atoms with Gasteiger partial charge in [-0.3, -0.25) is 14.5 Å². The van der Waals surface area contributed by atoms with E-state index in [0.29, 0.717) is 37.0 Å². The fraction of sp³-hybridized carbons (Fsp3) is 0.591. The summed E-state index contributed by atoms with van der Waals surface area (Å²) in [5, 5.41) is 9.51. The number of amides is 2. The maximum atomic E-state index is 13.6. The van der Waals surface area contributed by atoms with Crippen molar-refractivity contribution in [3.8, 4) is 0 Å². The molecular formula is C22H26F3NO4. The lowest BCUT2D eigenvalue weighted by molar-refractivity contribution is -0.200. The van der Waals surface area contributed by atoms with Crippen LogP contribution in [0.5, 0.6) is 0 Å². The minimum atomic E-state index is -4.56. The van der Waals surface area contributed by atoms with Gasteiger partial charge in [-0.2, -0.15) is 13.2 Å². The van der Waals surface area contributed by atoms with E-state index in [1.165, 1.54) is 0 Å². The highest BCUT2D eigenvalue weighted by Crippen LogP contribution is 2.43.